The van der Waals surface area contributed by atoms with Crippen LogP contribution in [0.4, 0.5) is 0 Å². The minimum atomic E-state index is 0.266. The second-order valence-corrected chi connectivity index (χ2v) is 7.26. The lowest BCUT2D eigenvalue weighted by molar-refractivity contribution is 0.0626. The Kier molecular flexibility index (Phi) is 3.48. The fraction of sp³-hybridized carbons (Fsp3) is 0.400. The molecule has 4 heterocycles. The van der Waals surface area contributed by atoms with Crippen LogP contribution in [0.1, 0.15) is 25.7 Å². The SMILES string of the molecule is CN1C2CCC1CC(Oc1ccc(-c3cccc4[nH]ccc34)nn1)C2. The van der Waals surface area contributed by atoms with Crippen LogP contribution >= 0.6 is 0 Å². The number of piperidine rings is 1. The molecule has 2 bridgehead atoms. The number of ether oxygens (including phenoxy) is 1. The molecule has 5 heteroatoms. The summed E-state index contributed by atoms with van der Waals surface area (Å²) >= 11 is 0. The first-order valence-electron chi connectivity index (χ1n) is 9.07. The van der Waals surface area contributed by atoms with Crippen LogP contribution in [0.5, 0.6) is 5.88 Å². The lowest BCUT2D eigenvalue weighted by Crippen LogP contribution is -2.43. The Morgan fingerprint density at radius 1 is 1.04 bits per heavy atom. The monoisotopic (exact) mass is 334 g/mol. The summed E-state index contributed by atoms with van der Waals surface area (Å²) in [5.74, 6) is 0.638. The molecule has 0 aliphatic carbocycles. The van der Waals surface area contributed by atoms with Crippen molar-refractivity contribution in [1.82, 2.24) is 20.1 Å². The van der Waals surface area contributed by atoms with Crippen molar-refractivity contribution in [3.05, 3.63) is 42.6 Å². The van der Waals surface area contributed by atoms with E-state index in [4.69, 9.17) is 4.74 Å². The summed E-state index contributed by atoms with van der Waals surface area (Å²) in [5, 5.41) is 9.91. The van der Waals surface area contributed by atoms with Crippen LogP contribution in [-0.2, 0) is 0 Å². The van der Waals surface area contributed by atoms with E-state index in [1.807, 2.05) is 24.4 Å². The quantitative estimate of drug-likeness (QED) is 0.795. The smallest absolute Gasteiger partial charge is 0.233 e. The summed E-state index contributed by atoms with van der Waals surface area (Å²) in [6, 6.07) is 13.6. The van der Waals surface area contributed by atoms with Gasteiger partial charge < -0.3 is 14.6 Å². The molecule has 0 spiro atoms. The van der Waals surface area contributed by atoms with Gasteiger partial charge in [-0.2, -0.15) is 0 Å². The van der Waals surface area contributed by atoms with Gasteiger partial charge in [0.1, 0.15) is 6.10 Å². The number of hydrogen-bond acceptors (Lipinski definition) is 4. The lowest BCUT2D eigenvalue weighted by atomic mass is 10.0. The maximum Gasteiger partial charge on any atom is 0.233 e. The molecular formula is C20H22N4O. The summed E-state index contributed by atoms with van der Waals surface area (Å²) in [6.07, 6.45) is 7.01. The van der Waals surface area contributed by atoms with E-state index in [1.54, 1.807) is 0 Å². The molecule has 2 saturated heterocycles. The van der Waals surface area contributed by atoms with Crippen LogP contribution in [0.3, 0.4) is 0 Å². The van der Waals surface area contributed by atoms with Gasteiger partial charge in [0.25, 0.3) is 0 Å². The number of rotatable bonds is 3. The predicted octanol–water partition coefficient (Wildman–Crippen LogP) is 3.63. The molecule has 2 atom stereocenters. The van der Waals surface area contributed by atoms with Crippen LogP contribution in [0, 0.1) is 0 Å². The van der Waals surface area contributed by atoms with Gasteiger partial charge in [-0.05, 0) is 50.9 Å². The van der Waals surface area contributed by atoms with E-state index >= 15 is 0 Å². The summed E-state index contributed by atoms with van der Waals surface area (Å²) in [4.78, 5) is 5.76. The molecule has 2 aromatic heterocycles. The van der Waals surface area contributed by atoms with Gasteiger partial charge in [-0.3, -0.25) is 0 Å². The molecule has 1 N–H and O–H groups in total. The zero-order valence-electron chi connectivity index (χ0n) is 14.4. The zero-order chi connectivity index (χ0) is 16.8. The molecule has 2 aliphatic rings. The van der Waals surface area contributed by atoms with Crippen molar-refractivity contribution >= 4 is 10.9 Å². The first-order valence-corrected chi connectivity index (χ1v) is 9.07. The van der Waals surface area contributed by atoms with Crippen LogP contribution in [-0.4, -0.2) is 45.3 Å². The number of aromatic nitrogens is 3. The van der Waals surface area contributed by atoms with Crippen molar-refractivity contribution in [3.63, 3.8) is 0 Å². The lowest BCUT2D eigenvalue weighted by Gasteiger charge is -2.35. The third-order valence-corrected chi connectivity index (χ3v) is 5.85. The maximum absolute atomic E-state index is 6.14. The van der Waals surface area contributed by atoms with Crippen molar-refractivity contribution < 1.29 is 4.74 Å². The van der Waals surface area contributed by atoms with E-state index < -0.39 is 0 Å². The predicted molar refractivity (Wildman–Crippen MR) is 97.5 cm³/mol. The molecule has 3 aromatic rings. The van der Waals surface area contributed by atoms with Gasteiger partial charge >= 0.3 is 0 Å². The van der Waals surface area contributed by atoms with Crippen LogP contribution in [0.25, 0.3) is 22.2 Å². The third-order valence-electron chi connectivity index (χ3n) is 5.85. The Bertz CT molecular complexity index is 874. The highest BCUT2D eigenvalue weighted by Gasteiger charge is 2.39. The number of nitrogens with zero attached hydrogens (tertiary/aromatic N) is 3. The van der Waals surface area contributed by atoms with E-state index in [9.17, 15) is 0 Å². The van der Waals surface area contributed by atoms with Gasteiger partial charge in [-0.1, -0.05) is 12.1 Å². The number of aromatic amines is 1. The van der Waals surface area contributed by atoms with E-state index in [0.29, 0.717) is 18.0 Å². The molecule has 5 rings (SSSR count). The standard InChI is InChI=1S/C20H22N4O/c1-24-13-5-6-14(24)12-15(11-13)25-20-8-7-19(22-23-20)16-3-2-4-18-17(16)9-10-21-18/h2-4,7-10,13-15,21H,5-6,11-12H2,1H3. The zero-order valence-corrected chi connectivity index (χ0v) is 14.4. The van der Waals surface area contributed by atoms with Crippen molar-refractivity contribution in [2.75, 3.05) is 7.05 Å². The van der Waals surface area contributed by atoms with Gasteiger partial charge in [0.05, 0.1) is 5.69 Å². The third kappa shape index (κ3) is 2.59. The Morgan fingerprint density at radius 2 is 1.88 bits per heavy atom. The van der Waals surface area contributed by atoms with Crippen molar-refractivity contribution in [3.8, 4) is 17.1 Å². The second kappa shape index (κ2) is 5.85. The molecule has 2 fully saturated rings. The van der Waals surface area contributed by atoms with Gasteiger partial charge in [0.15, 0.2) is 0 Å². The first kappa shape index (κ1) is 14.9. The first-order chi connectivity index (χ1) is 12.3. The minimum Gasteiger partial charge on any atom is -0.473 e. The number of hydrogen-bond donors (Lipinski definition) is 1. The van der Waals surface area contributed by atoms with Crippen LogP contribution < -0.4 is 4.74 Å². The van der Waals surface area contributed by atoms with Gasteiger partial charge in [0, 0.05) is 40.8 Å². The molecule has 25 heavy (non-hydrogen) atoms. The number of H-pyrrole nitrogens is 1. The molecule has 2 unspecified atom stereocenters. The summed E-state index contributed by atoms with van der Waals surface area (Å²) in [6.45, 7) is 0. The van der Waals surface area contributed by atoms with E-state index in [-0.39, 0.29) is 6.10 Å². The fourth-order valence-electron chi connectivity index (χ4n) is 4.46. The van der Waals surface area contributed by atoms with Crippen molar-refractivity contribution in [2.45, 2.75) is 43.9 Å². The van der Waals surface area contributed by atoms with Gasteiger partial charge in [-0.25, -0.2) is 0 Å². The number of fused-ring (bicyclic) bond motifs is 3. The summed E-state index contributed by atoms with van der Waals surface area (Å²) in [5.41, 5.74) is 3.08. The molecule has 2 aliphatic heterocycles. The Hall–Kier alpha value is -2.40. The van der Waals surface area contributed by atoms with Crippen LogP contribution in [0.15, 0.2) is 42.6 Å². The molecule has 0 saturated carbocycles. The molecule has 0 amide bonds. The largest absolute Gasteiger partial charge is 0.473 e. The highest BCUT2D eigenvalue weighted by atomic mass is 16.5. The Morgan fingerprint density at radius 3 is 2.64 bits per heavy atom. The average Bonchev–Trinajstić information content (AvgIpc) is 3.17. The van der Waals surface area contributed by atoms with Gasteiger partial charge in [-0.15, -0.1) is 10.2 Å². The van der Waals surface area contributed by atoms with E-state index in [1.165, 1.54) is 12.8 Å². The van der Waals surface area contributed by atoms with Gasteiger partial charge in [0.2, 0.25) is 5.88 Å². The van der Waals surface area contributed by atoms with Crippen molar-refractivity contribution in [2.24, 2.45) is 0 Å². The highest BCUT2D eigenvalue weighted by Crippen LogP contribution is 2.35. The van der Waals surface area contributed by atoms with Crippen LogP contribution in [0.2, 0.25) is 0 Å². The van der Waals surface area contributed by atoms with Crippen molar-refractivity contribution in [1.29, 1.82) is 0 Å². The van der Waals surface area contributed by atoms with E-state index in [2.05, 4.69) is 45.3 Å². The molecular weight excluding hydrogens is 312 g/mol. The number of nitrogens with one attached hydrogen (secondary N) is 1. The minimum absolute atomic E-state index is 0.266. The van der Waals surface area contributed by atoms with E-state index in [0.717, 1.165) is 35.0 Å². The molecule has 0 radical (unpaired) electrons. The maximum atomic E-state index is 6.14. The average molecular weight is 334 g/mol. The fourth-order valence-corrected chi connectivity index (χ4v) is 4.46. The summed E-state index contributed by atoms with van der Waals surface area (Å²) in [7, 11) is 2.24. The Balaban J connectivity index is 1.35. The number of benzene rings is 1. The topological polar surface area (TPSA) is 54.0 Å². The second-order valence-electron chi connectivity index (χ2n) is 7.26. The molecule has 5 nitrogen and oxygen atoms in total. The Labute approximate surface area is 147 Å². The highest BCUT2D eigenvalue weighted by molar-refractivity contribution is 5.93. The molecule has 1 aromatic carbocycles. The molecule has 128 valence electrons. The summed E-state index contributed by atoms with van der Waals surface area (Å²) < 4.78 is 6.14. The normalized spacial score (nSPS) is 26.2.